The molecule has 0 aromatic heterocycles. The Morgan fingerprint density at radius 2 is 2.39 bits per heavy atom. The van der Waals surface area contributed by atoms with Crippen molar-refractivity contribution in [2.75, 3.05) is 13.1 Å². The van der Waals surface area contributed by atoms with Crippen LogP contribution in [0.4, 0.5) is 4.39 Å². The number of halogens is 1. The molecule has 0 radical (unpaired) electrons. The van der Waals surface area contributed by atoms with Crippen molar-refractivity contribution in [1.82, 2.24) is 10.6 Å². The van der Waals surface area contributed by atoms with Gasteiger partial charge in [0.15, 0.2) is 0 Å². The number of benzene rings is 1. The Hall–Kier alpha value is -1.42. The first kappa shape index (κ1) is 13.0. The van der Waals surface area contributed by atoms with Crippen LogP contribution in [0, 0.1) is 12.7 Å². The van der Waals surface area contributed by atoms with E-state index in [1.807, 2.05) is 6.92 Å². The molecule has 1 aliphatic heterocycles. The number of carbonyl (C=O) groups excluding carboxylic acids is 1. The van der Waals surface area contributed by atoms with Crippen LogP contribution in [-0.4, -0.2) is 25.0 Å². The Bertz CT molecular complexity index is 428. The molecular formula is C14H19FN2O. The third kappa shape index (κ3) is 3.29. The van der Waals surface area contributed by atoms with Gasteiger partial charge in [0.2, 0.25) is 0 Å². The molecule has 0 unspecified atom stereocenters. The van der Waals surface area contributed by atoms with Gasteiger partial charge < -0.3 is 10.6 Å². The zero-order valence-electron chi connectivity index (χ0n) is 10.6. The number of hydrogen-bond acceptors (Lipinski definition) is 2. The number of hydrogen-bond donors (Lipinski definition) is 2. The molecule has 0 aliphatic carbocycles. The molecular weight excluding hydrogens is 231 g/mol. The zero-order valence-corrected chi connectivity index (χ0v) is 10.6. The van der Waals surface area contributed by atoms with Crippen molar-refractivity contribution < 1.29 is 9.18 Å². The number of carbonyl (C=O) groups is 1. The van der Waals surface area contributed by atoms with Gasteiger partial charge in [-0.05, 0) is 44.9 Å². The van der Waals surface area contributed by atoms with Gasteiger partial charge in [-0.15, -0.1) is 0 Å². The fraction of sp³-hybridized carbons (Fsp3) is 0.500. The lowest BCUT2D eigenvalue weighted by atomic mass is 10.1. The van der Waals surface area contributed by atoms with Gasteiger partial charge in [0, 0.05) is 12.6 Å². The van der Waals surface area contributed by atoms with E-state index in [1.165, 1.54) is 12.5 Å². The van der Waals surface area contributed by atoms with Crippen LogP contribution in [0.1, 0.15) is 35.2 Å². The second-order valence-corrected chi connectivity index (χ2v) is 4.82. The Kier molecular flexibility index (Phi) is 4.31. The van der Waals surface area contributed by atoms with Crippen molar-refractivity contribution >= 4 is 5.91 Å². The van der Waals surface area contributed by atoms with E-state index >= 15 is 0 Å². The maximum atomic E-state index is 13.5. The van der Waals surface area contributed by atoms with E-state index < -0.39 is 5.82 Å². The minimum atomic E-state index is -0.461. The molecule has 0 saturated carbocycles. The highest BCUT2D eigenvalue weighted by Crippen LogP contribution is 2.11. The summed E-state index contributed by atoms with van der Waals surface area (Å²) in [5.74, 6) is -0.786. The Morgan fingerprint density at radius 1 is 1.56 bits per heavy atom. The van der Waals surface area contributed by atoms with Crippen molar-refractivity contribution in [3.05, 3.63) is 35.1 Å². The largest absolute Gasteiger partial charge is 0.352 e. The summed E-state index contributed by atoms with van der Waals surface area (Å²) >= 11 is 0. The molecule has 0 spiro atoms. The zero-order chi connectivity index (χ0) is 13.0. The topological polar surface area (TPSA) is 41.1 Å². The monoisotopic (exact) mass is 250 g/mol. The number of rotatable bonds is 4. The van der Waals surface area contributed by atoms with Gasteiger partial charge in [-0.2, -0.15) is 0 Å². The average Bonchev–Trinajstić information content (AvgIpc) is 2.85. The predicted octanol–water partition coefficient (Wildman–Crippen LogP) is 2.01. The first-order valence-corrected chi connectivity index (χ1v) is 6.44. The van der Waals surface area contributed by atoms with Crippen LogP contribution >= 0.6 is 0 Å². The Morgan fingerprint density at radius 3 is 3.11 bits per heavy atom. The molecule has 1 heterocycles. The van der Waals surface area contributed by atoms with Crippen molar-refractivity contribution in [2.24, 2.45) is 0 Å². The van der Waals surface area contributed by atoms with E-state index in [1.54, 1.807) is 12.1 Å². The van der Waals surface area contributed by atoms with Gasteiger partial charge in [-0.3, -0.25) is 4.79 Å². The molecule has 1 saturated heterocycles. The summed E-state index contributed by atoms with van der Waals surface area (Å²) in [5, 5.41) is 6.14. The van der Waals surface area contributed by atoms with E-state index in [9.17, 15) is 9.18 Å². The van der Waals surface area contributed by atoms with E-state index in [0.29, 0.717) is 12.6 Å². The second kappa shape index (κ2) is 5.96. The number of aryl methyl sites for hydroxylation is 1. The summed E-state index contributed by atoms with van der Waals surface area (Å²) in [5.41, 5.74) is 1.02. The molecule has 1 aromatic rings. The number of nitrogens with one attached hydrogen (secondary N) is 2. The summed E-state index contributed by atoms with van der Waals surface area (Å²) in [6, 6.07) is 5.07. The van der Waals surface area contributed by atoms with Crippen LogP contribution in [0.3, 0.4) is 0 Å². The van der Waals surface area contributed by atoms with Gasteiger partial charge in [0.1, 0.15) is 5.82 Å². The van der Waals surface area contributed by atoms with Crippen molar-refractivity contribution in [1.29, 1.82) is 0 Å². The normalized spacial score (nSPS) is 18.9. The van der Waals surface area contributed by atoms with Crippen molar-refractivity contribution in [2.45, 2.75) is 32.2 Å². The maximum absolute atomic E-state index is 13.5. The molecule has 1 fully saturated rings. The fourth-order valence-corrected chi connectivity index (χ4v) is 2.27. The minimum absolute atomic E-state index is 0.134. The van der Waals surface area contributed by atoms with Crippen LogP contribution in [-0.2, 0) is 0 Å². The molecule has 0 bridgehead atoms. The highest BCUT2D eigenvalue weighted by Gasteiger charge is 2.15. The van der Waals surface area contributed by atoms with Gasteiger partial charge in [-0.1, -0.05) is 11.6 Å². The Labute approximate surface area is 107 Å². The number of amides is 1. The van der Waals surface area contributed by atoms with E-state index in [0.717, 1.165) is 24.9 Å². The highest BCUT2D eigenvalue weighted by atomic mass is 19.1. The molecule has 18 heavy (non-hydrogen) atoms. The minimum Gasteiger partial charge on any atom is -0.352 e. The quantitative estimate of drug-likeness (QED) is 0.858. The van der Waals surface area contributed by atoms with Crippen LogP contribution < -0.4 is 10.6 Å². The predicted molar refractivity (Wildman–Crippen MR) is 69.1 cm³/mol. The van der Waals surface area contributed by atoms with Crippen molar-refractivity contribution in [3.8, 4) is 0 Å². The SMILES string of the molecule is Cc1ccc(F)c(C(=O)NCC[C@H]2CCCN2)c1. The average molecular weight is 250 g/mol. The van der Waals surface area contributed by atoms with E-state index in [-0.39, 0.29) is 11.5 Å². The van der Waals surface area contributed by atoms with Gasteiger partial charge in [0.05, 0.1) is 5.56 Å². The third-order valence-electron chi connectivity index (χ3n) is 3.31. The van der Waals surface area contributed by atoms with Gasteiger partial charge in [-0.25, -0.2) is 4.39 Å². The first-order chi connectivity index (χ1) is 8.66. The molecule has 98 valence electrons. The standard InChI is InChI=1S/C14H19FN2O/c1-10-4-5-13(15)12(9-10)14(18)17-8-6-11-3-2-7-16-11/h4-5,9,11,16H,2-3,6-8H2,1H3,(H,17,18)/t11-/m1/s1. The summed E-state index contributed by atoms with van der Waals surface area (Å²) < 4.78 is 13.5. The van der Waals surface area contributed by atoms with Crippen LogP contribution in [0.2, 0.25) is 0 Å². The summed E-state index contributed by atoms with van der Waals surface area (Å²) in [6.07, 6.45) is 3.26. The molecule has 2 N–H and O–H groups in total. The molecule has 3 nitrogen and oxygen atoms in total. The van der Waals surface area contributed by atoms with Crippen LogP contribution in [0.15, 0.2) is 18.2 Å². The second-order valence-electron chi connectivity index (χ2n) is 4.82. The third-order valence-corrected chi connectivity index (χ3v) is 3.31. The smallest absolute Gasteiger partial charge is 0.254 e. The lowest BCUT2D eigenvalue weighted by Gasteiger charge is -2.11. The lowest BCUT2D eigenvalue weighted by molar-refractivity contribution is 0.0948. The van der Waals surface area contributed by atoms with Crippen LogP contribution in [0.25, 0.3) is 0 Å². The summed E-state index contributed by atoms with van der Waals surface area (Å²) in [4.78, 5) is 11.8. The summed E-state index contributed by atoms with van der Waals surface area (Å²) in [6.45, 7) is 3.49. The molecule has 4 heteroatoms. The first-order valence-electron chi connectivity index (χ1n) is 6.44. The molecule has 1 aromatic carbocycles. The lowest BCUT2D eigenvalue weighted by Crippen LogP contribution is -2.31. The Balaban J connectivity index is 1.85. The highest BCUT2D eigenvalue weighted by molar-refractivity contribution is 5.94. The molecule has 1 amide bonds. The van der Waals surface area contributed by atoms with Crippen molar-refractivity contribution in [3.63, 3.8) is 0 Å². The van der Waals surface area contributed by atoms with Gasteiger partial charge in [0.25, 0.3) is 5.91 Å². The summed E-state index contributed by atoms with van der Waals surface area (Å²) in [7, 11) is 0. The van der Waals surface area contributed by atoms with E-state index in [2.05, 4.69) is 10.6 Å². The molecule has 2 rings (SSSR count). The van der Waals surface area contributed by atoms with Crippen LogP contribution in [0.5, 0.6) is 0 Å². The fourth-order valence-electron chi connectivity index (χ4n) is 2.27. The molecule has 1 atom stereocenters. The molecule has 1 aliphatic rings. The maximum Gasteiger partial charge on any atom is 0.254 e. The van der Waals surface area contributed by atoms with E-state index in [4.69, 9.17) is 0 Å². The van der Waals surface area contributed by atoms with Gasteiger partial charge >= 0.3 is 0 Å².